The summed E-state index contributed by atoms with van der Waals surface area (Å²) in [5, 5.41) is 3.61. The molecule has 1 saturated heterocycles. The molecule has 0 radical (unpaired) electrons. The third kappa shape index (κ3) is 5.42. The van der Waals surface area contributed by atoms with Crippen molar-refractivity contribution in [2.45, 2.75) is 51.2 Å². The summed E-state index contributed by atoms with van der Waals surface area (Å²) in [6.07, 6.45) is 6.23. The Morgan fingerprint density at radius 1 is 1.33 bits per heavy atom. The lowest BCUT2D eigenvalue weighted by atomic mass is 9.97. The number of hydrogen-bond donors (Lipinski definition) is 1. The van der Waals surface area contributed by atoms with Crippen molar-refractivity contribution in [2.24, 2.45) is 0 Å². The highest BCUT2D eigenvalue weighted by molar-refractivity contribution is 5.25. The summed E-state index contributed by atoms with van der Waals surface area (Å²) in [5.41, 5.74) is 2.73. The molecular formula is C18H29NO2. The fraction of sp³-hybridized carbons (Fsp3) is 0.667. The summed E-state index contributed by atoms with van der Waals surface area (Å²) in [5.74, 6) is 0. The van der Waals surface area contributed by atoms with Crippen LogP contribution in [0.3, 0.4) is 0 Å². The van der Waals surface area contributed by atoms with E-state index in [4.69, 9.17) is 9.47 Å². The predicted molar refractivity (Wildman–Crippen MR) is 86.6 cm³/mol. The minimum atomic E-state index is 0.440. The van der Waals surface area contributed by atoms with E-state index in [1.54, 1.807) is 7.11 Å². The lowest BCUT2D eigenvalue weighted by molar-refractivity contribution is 0.0996. The summed E-state index contributed by atoms with van der Waals surface area (Å²) in [4.78, 5) is 0. The van der Waals surface area contributed by atoms with Crippen LogP contribution in [0.5, 0.6) is 0 Å². The third-order valence-electron chi connectivity index (χ3n) is 4.23. The SMILES string of the molecule is CCNC(CCC1CCCO1)c1ccc(CCOC)cc1. The Hall–Kier alpha value is -0.900. The summed E-state index contributed by atoms with van der Waals surface area (Å²) >= 11 is 0. The van der Waals surface area contributed by atoms with E-state index in [-0.39, 0.29) is 0 Å². The molecule has 1 aromatic rings. The van der Waals surface area contributed by atoms with Gasteiger partial charge in [-0.15, -0.1) is 0 Å². The molecule has 1 heterocycles. The largest absolute Gasteiger partial charge is 0.384 e. The van der Waals surface area contributed by atoms with Gasteiger partial charge in [-0.2, -0.15) is 0 Å². The van der Waals surface area contributed by atoms with Crippen molar-refractivity contribution in [1.29, 1.82) is 0 Å². The van der Waals surface area contributed by atoms with Crippen LogP contribution in [-0.4, -0.2) is 33.0 Å². The van der Waals surface area contributed by atoms with E-state index < -0.39 is 0 Å². The number of benzene rings is 1. The molecule has 0 aliphatic carbocycles. The molecule has 1 aliphatic rings. The molecule has 0 spiro atoms. The first kappa shape index (κ1) is 16.5. The van der Waals surface area contributed by atoms with E-state index in [0.717, 1.165) is 39.0 Å². The molecule has 1 aliphatic heterocycles. The van der Waals surface area contributed by atoms with Crippen LogP contribution in [0.2, 0.25) is 0 Å². The van der Waals surface area contributed by atoms with Gasteiger partial charge in [0.05, 0.1) is 12.7 Å². The minimum Gasteiger partial charge on any atom is -0.384 e. The molecule has 118 valence electrons. The smallest absolute Gasteiger partial charge is 0.0576 e. The monoisotopic (exact) mass is 291 g/mol. The first-order chi connectivity index (χ1) is 10.3. The maximum atomic E-state index is 5.74. The van der Waals surface area contributed by atoms with Gasteiger partial charge in [-0.3, -0.25) is 0 Å². The second kappa shape index (κ2) is 9.19. The number of hydrogen-bond acceptors (Lipinski definition) is 3. The number of ether oxygens (including phenoxy) is 2. The molecule has 21 heavy (non-hydrogen) atoms. The molecule has 2 rings (SSSR count). The van der Waals surface area contributed by atoms with Crippen LogP contribution < -0.4 is 5.32 Å². The topological polar surface area (TPSA) is 30.5 Å². The van der Waals surface area contributed by atoms with E-state index in [2.05, 4.69) is 36.5 Å². The lowest BCUT2D eigenvalue weighted by Crippen LogP contribution is -2.22. The summed E-state index contributed by atoms with van der Waals surface area (Å²) < 4.78 is 10.9. The van der Waals surface area contributed by atoms with Gasteiger partial charge in [-0.05, 0) is 49.8 Å². The van der Waals surface area contributed by atoms with Gasteiger partial charge in [0.1, 0.15) is 0 Å². The fourth-order valence-electron chi connectivity index (χ4n) is 2.99. The van der Waals surface area contributed by atoms with Crippen molar-refractivity contribution < 1.29 is 9.47 Å². The Bertz CT molecular complexity index is 385. The van der Waals surface area contributed by atoms with Crippen molar-refractivity contribution >= 4 is 0 Å². The summed E-state index contributed by atoms with van der Waals surface area (Å²) in [7, 11) is 1.75. The van der Waals surface area contributed by atoms with Crippen molar-refractivity contribution in [2.75, 3.05) is 26.9 Å². The van der Waals surface area contributed by atoms with E-state index in [1.165, 1.54) is 24.0 Å². The van der Waals surface area contributed by atoms with E-state index in [9.17, 15) is 0 Å². The Labute approximate surface area is 129 Å². The molecule has 1 N–H and O–H groups in total. The summed E-state index contributed by atoms with van der Waals surface area (Å²) in [6, 6.07) is 9.41. The van der Waals surface area contributed by atoms with Gasteiger partial charge in [0.25, 0.3) is 0 Å². The van der Waals surface area contributed by atoms with Crippen molar-refractivity contribution in [1.82, 2.24) is 5.32 Å². The molecule has 1 aromatic carbocycles. The number of rotatable bonds is 9. The molecule has 2 unspecified atom stereocenters. The van der Waals surface area contributed by atoms with Gasteiger partial charge in [-0.25, -0.2) is 0 Å². The van der Waals surface area contributed by atoms with Gasteiger partial charge in [0.15, 0.2) is 0 Å². The summed E-state index contributed by atoms with van der Waals surface area (Å²) in [6.45, 7) is 4.91. The Morgan fingerprint density at radius 2 is 2.14 bits per heavy atom. The molecule has 1 fully saturated rings. The Kier molecular flexibility index (Phi) is 7.20. The highest BCUT2D eigenvalue weighted by Gasteiger charge is 2.18. The van der Waals surface area contributed by atoms with Crippen LogP contribution in [0, 0.1) is 0 Å². The highest BCUT2D eigenvalue weighted by atomic mass is 16.5. The van der Waals surface area contributed by atoms with E-state index in [0.29, 0.717) is 12.1 Å². The average molecular weight is 291 g/mol. The van der Waals surface area contributed by atoms with Crippen LogP contribution in [0.4, 0.5) is 0 Å². The quantitative estimate of drug-likeness (QED) is 0.755. The van der Waals surface area contributed by atoms with Crippen LogP contribution >= 0.6 is 0 Å². The molecule has 3 heteroatoms. The highest BCUT2D eigenvalue weighted by Crippen LogP contribution is 2.24. The van der Waals surface area contributed by atoms with Gasteiger partial charge in [0.2, 0.25) is 0 Å². The van der Waals surface area contributed by atoms with Crippen LogP contribution in [0.25, 0.3) is 0 Å². The Morgan fingerprint density at radius 3 is 2.76 bits per heavy atom. The molecule has 0 aromatic heterocycles. The van der Waals surface area contributed by atoms with Crippen molar-refractivity contribution in [3.8, 4) is 0 Å². The number of nitrogens with one attached hydrogen (secondary N) is 1. The van der Waals surface area contributed by atoms with Crippen LogP contribution in [-0.2, 0) is 15.9 Å². The standard InChI is InChI=1S/C18H29NO2/c1-3-19-18(11-10-17-5-4-13-21-17)16-8-6-15(7-9-16)12-14-20-2/h6-9,17-19H,3-5,10-14H2,1-2H3. The molecule has 2 atom stereocenters. The van der Waals surface area contributed by atoms with E-state index >= 15 is 0 Å². The zero-order valence-electron chi connectivity index (χ0n) is 13.4. The molecule has 0 saturated carbocycles. The van der Waals surface area contributed by atoms with Crippen LogP contribution in [0.15, 0.2) is 24.3 Å². The van der Waals surface area contributed by atoms with E-state index in [1.807, 2.05) is 0 Å². The predicted octanol–water partition coefficient (Wildman–Crippen LogP) is 3.49. The van der Waals surface area contributed by atoms with Crippen molar-refractivity contribution in [3.63, 3.8) is 0 Å². The normalized spacial score (nSPS) is 19.8. The fourth-order valence-corrected chi connectivity index (χ4v) is 2.99. The molecule has 0 bridgehead atoms. The molecule has 0 amide bonds. The number of methoxy groups -OCH3 is 1. The maximum Gasteiger partial charge on any atom is 0.0576 e. The second-order valence-corrected chi connectivity index (χ2v) is 5.81. The first-order valence-corrected chi connectivity index (χ1v) is 8.26. The van der Waals surface area contributed by atoms with Gasteiger partial charge >= 0.3 is 0 Å². The minimum absolute atomic E-state index is 0.440. The zero-order chi connectivity index (χ0) is 14.9. The van der Waals surface area contributed by atoms with Crippen LogP contribution in [0.1, 0.15) is 49.8 Å². The molecular weight excluding hydrogens is 262 g/mol. The van der Waals surface area contributed by atoms with Gasteiger partial charge in [0, 0.05) is 19.8 Å². The second-order valence-electron chi connectivity index (χ2n) is 5.81. The first-order valence-electron chi connectivity index (χ1n) is 8.26. The maximum absolute atomic E-state index is 5.74. The molecule has 3 nitrogen and oxygen atoms in total. The van der Waals surface area contributed by atoms with Gasteiger partial charge in [-0.1, -0.05) is 31.2 Å². The lowest BCUT2D eigenvalue weighted by Gasteiger charge is -2.20. The van der Waals surface area contributed by atoms with Gasteiger partial charge < -0.3 is 14.8 Å². The zero-order valence-corrected chi connectivity index (χ0v) is 13.4. The average Bonchev–Trinajstić information content (AvgIpc) is 3.03. The third-order valence-corrected chi connectivity index (χ3v) is 4.23. The van der Waals surface area contributed by atoms with Crippen molar-refractivity contribution in [3.05, 3.63) is 35.4 Å². The Balaban J connectivity index is 1.89.